The van der Waals surface area contributed by atoms with Crippen LogP contribution in [0.1, 0.15) is 10.5 Å². The molecule has 1 amide bonds. The van der Waals surface area contributed by atoms with Crippen molar-refractivity contribution < 1.29 is 9.18 Å². The standard InChI is InChI=1S/C16H10FIN2O/c17-11-6-8-14(12(18)9-11)20-16(21)15-7-5-10-3-1-2-4-13(10)19-15/h1-9H,(H,20,21). The lowest BCUT2D eigenvalue weighted by atomic mass is 10.2. The lowest BCUT2D eigenvalue weighted by molar-refractivity contribution is 0.102. The number of anilines is 1. The summed E-state index contributed by atoms with van der Waals surface area (Å²) in [6.45, 7) is 0. The van der Waals surface area contributed by atoms with Gasteiger partial charge >= 0.3 is 0 Å². The molecule has 0 aliphatic heterocycles. The Bertz CT molecular complexity index is 835. The molecule has 1 N–H and O–H groups in total. The summed E-state index contributed by atoms with van der Waals surface area (Å²) in [5, 5.41) is 3.72. The molecule has 0 spiro atoms. The Balaban J connectivity index is 1.89. The quantitative estimate of drug-likeness (QED) is 0.664. The average molecular weight is 392 g/mol. The summed E-state index contributed by atoms with van der Waals surface area (Å²) in [5.74, 6) is -0.647. The molecule has 104 valence electrons. The highest BCUT2D eigenvalue weighted by Gasteiger charge is 2.10. The number of hydrogen-bond acceptors (Lipinski definition) is 2. The first-order valence-electron chi connectivity index (χ1n) is 6.26. The van der Waals surface area contributed by atoms with Crippen molar-refractivity contribution in [2.24, 2.45) is 0 Å². The molecule has 0 saturated carbocycles. The van der Waals surface area contributed by atoms with Gasteiger partial charge in [-0.25, -0.2) is 9.37 Å². The van der Waals surface area contributed by atoms with E-state index in [1.54, 1.807) is 6.07 Å². The molecule has 3 aromatic rings. The molecule has 3 rings (SSSR count). The third kappa shape index (κ3) is 3.02. The van der Waals surface area contributed by atoms with Crippen LogP contribution in [0, 0.1) is 9.39 Å². The molecule has 0 bridgehead atoms. The van der Waals surface area contributed by atoms with Gasteiger partial charge < -0.3 is 5.32 Å². The number of nitrogens with zero attached hydrogens (tertiary/aromatic N) is 1. The Morgan fingerprint density at radius 2 is 1.90 bits per heavy atom. The first-order chi connectivity index (χ1) is 10.1. The predicted octanol–water partition coefficient (Wildman–Crippen LogP) is 4.23. The number of nitrogens with one attached hydrogen (secondary N) is 1. The van der Waals surface area contributed by atoms with Crippen LogP contribution in [0.5, 0.6) is 0 Å². The fraction of sp³-hybridized carbons (Fsp3) is 0. The SMILES string of the molecule is O=C(Nc1ccc(F)cc1I)c1ccc2ccccc2n1. The molecule has 0 unspecified atom stereocenters. The van der Waals surface area contributed by atoms with E-state index in [1.165, 1.54) is 18.2 Å². The van der Waals surface area contributed by atoms with Gasteiger partial charge in [-0.1, -0.05) is 24.3 Å². The zero-order chi connectivity index (χ0) is 14.8. The summed E-state index contributed by atoms with van der Waals surface area (Å²) in [7, 11) is 0. The third-order valence-electron chi connectivity index (χ3n) is 3.01. The van der Waals surface area contributed by atoms with Crippen LogP contribution in [0.4, 0.5) is 10.1 Å². The minimum atomic E-state index is -0.332. The molecule has 1 aromatic heterocycles. The summed E-state index contributed by atoms with van der Waals surface area (Å²) < 4.78 is 13.7. The van der Waals surface area contributed by atoms with E-state index in [2.05, 4.69) is 10.3 Å². The number of carbonyl (C=O) groups is 1. The highest BCUT2D eigenvalue weighted by molar-refractivity contribution is 14.1. The number of halogens is 2. The maximum absolute atomic E-state index is 13.1. The Morgan fingerprint density at radius 3 is 2.71 bits per heavy atom. The van der Waals surface area contributed by atoms with Crippen LogP contribution in [0.2, 0.25) is 0 Å². The minimum Gasteiger partial charge on any atom is -0.320 e. The van der Waals surface area contributed by atoms with Crippen molar-refractivity contribution in [3.63, 3.8) is 0 Å². The Morgan fingerprint density at radius 1 is 1.10 bits per heavy atom. The largest absolute Gasteiger partial charge is 0.320 e. The van der Waals surface area contributed by atoms with Crippen LogP contribution in [-0.4, -0.2) is 10.9 Å². The van der Waals surface area contributed by atoms with Crippen molar-refractivity contribution in [3.05, 3.63) is 69.7 Å². The fourth-order valence-corrected chi connectivity index (χ4v) is 2.58. The van der Waals surface area contributed by atoms with Gasteiger partial charge in [0, 0.05) is 8.96 Å². The van der Waals surface area contributed by atoms with Gasteiger partial charge in [-0.15, -0.1) is 0 Å². The zero-order valence-electron chi connectivity index (χ0n) is 10.8. The minimum absolute atomic E-state index is 0.315. The third-order valence-corrected chi connectivity index (χ3v) is 3.90. The van der Waals surface area contributed by atoms with Gasteiger partial charge in [0.15, 0.2) is 0 Å². The highest BCUT2D eigenvalue weighted by Crippen LogP contribution is 2.20. The second-order valence-corrected chi connectivity index (χ2v) is 5.63. The smallest absolute Gasteiger partial charge is 0.274 e. The lowest BCUT2D eigenvalue weighted by Gasteiger charge is -2.07. The lowest BCUT2D eigenvalue weighted by Crippen LogP contribution is -2.14. The molecule has 0 atom stereocenters. The number of fused-ring (bicyclic) bond motifs is 1. The number of benzene rings is 2. The number of carbonyl (C=O) groups excluding carboxylic acids is 1. The van der Waals surface area contributed by atoms with Crippen molar-refractivity contribution in [2.75, 3.05) is 5.32 Å². The molecule has 3 nitrogen and oxygen atoms in total. The number of amides is 1. The average Bonchev–Trinajstić information content (AvgIpc) is 2.49. The summed E-state index contributed by atoms with van der Waals surface area (Å²) in [6.07, 6.45) is 0. The Kier molecular flexibility index (Phi) is 3.83. The van der Waals surface area contributed by atoms with Gasteiger partial charge in [-0.2, -0.15) is 0 Å². The maximum atomic E-state index is 13.1. The van der Waals surface area contributed by atoms with E-state index >= 15 is 0 Å². The summed E-state index contributed by atoms with van der Waals surface area (Å²) >= 11 is 1.98. The molecular formula is C16H10FIN2O. The molecule has 5 heteroatoms. The van der Waals surface area contributed by atoms with E-state index in [1.807, 2.05) is 52.9 Å². The fourth-order valence-electron chi connectivity index (χ4n) is 1.97. The maximum Gasteiger partial charge on any atom is 0.274 e. The molecule has 2 aromatic carbocycles. The van der Waals surface area contributed by atoms with E-state index in [4.69, 9.17) is 0 Å². The van der Waals surface area contributed by atoms with Gasteiger partial charge in [0.25, 0.3) is 5.91 Å². The van der Waals surface area contributed by atoms with Crippen molar-refractivity contribution in [1.82, 2.24) is 4.98 Å². The predicted molar refractivity (Wildman–Crippen MR) is 88.8 cm³/mol. The van der Waals surface area contributed by atoms with E-state index in [0.717, 1.165) is 10.9 Å². The van der Waals surface area contributed by atoms with E-state index in [0.29, 0.717) is 15.0 Å². The number of aromatic nitrogens is 1. The van der Waals surface area contributed by atoms with E-state index < -0.39 is 0 Å². The molecule has 0 aliphatic rings. The van der Waals surface area contributed by atoms with Crippen molar-refractivity contribution in [3.8, 4) is 0 Å². The number of hydrogen-bond donors (Lipinski definition) is 1. The van der Waals surface area contributed by atoms with Gasteiger partial charge in [0.1, 0.15) is 11.5 Å². The van der Waals surface area contributed by atoms with Gasteiger partial charge in [-0.05, 0) is 52.9 Å². The Labute approximate surface area is 134 Å². The number of rotatable bonds is 2. The summed E-state index contributed by atoms with van der Waals surface area (Å²) in [5.41, 5.74) is 1.66. The van der Waals surface area contributed by atoms with Gasteiger partial charge in [-0.3, -0.25) is 4.79 Å². The molecule has 1 heterocycles. The van der Waals surface area contributed by atoms with Crippen LogP contribution in [0.25, 0.3) is 10.9 Å². The topological polar surface area (TPSA) is 42.0 Å². The van der Waals surface area contributed by atoms with Crippen LogP contribution in [0.15, 0.2) is 54.6 Å². The number of para-hydroxylation sites is 1. The summed E-state index contributed by atoms with van der Waals surface area (Å²) in [4.78, 5) is 16.6. The highest BCUT2D eigenvalue weighted by atomic mass is 127. The summed E-state index contributed by atoms with van der Waals surface area (Å²) in [6, 6.07) is 15.3. The molecule has 0 aliphatic carbocycles. The second kappa shape index (κ2) is 5.77. The molecule has 0 saturated heterocycles. The van der Waals surface area contributed by atoms with Crippen LogP contribution in [0.3, 0.4) is 0 Å². The normalized spacial score (nSPS) is 10.6. The van der Waals surface area contributed by atoms with Crippen molar-refractivity contribution in [1.29, 1.82) is 0 Å². The Hall–Kier alpha value is -2.02. The second-order valence-electron chi connectivity index (χ2n) is 4.47. The molecular weight excluding hydrogens is 382 g/mol. The van der Waals surface area contributed by atoms with Gasteiger partial charge in [0.2, 0.25) is 0 Å². The molecule has 21 heavy (non-hydrogen) atoms. The van der Waals surface area contributed by atoms with Crippen LogP contribution < -0.4 is 5.32 Å². The van der Waals surface area contributed by atoms with Crippen molar-refractivity contribution >= 4 is 45.1 Å². The molecule has 0 radical (unpaired) electrons. The molecule has 0 fully saturated rings. The van der Waals surface area contributed by atoms with Gasteiger partial charge in [0.05, 0.1) is 11.2 Å². The first kappa shape index (κ1) is 13.9. The zero-order valence-corrected chi connectivity index (χ0v) is 13.0. The number of pyridine rings is 1. The monoisotopic (exact) mass is 392 g/mol. The van der Waals surface area contributed by atoms with Crippen molar-refractivity contribution in [2.45, 2.75) is 0 Å². The van der Waals surface area contributed by atoms with E-state index in [9.17, 15) is 9.18 Å². The first-order valence-corrected chi connectivity index (χ1v) is 7.33. The van der Waals surface area contributed by atoms with E-state index in [-0.39, 0.29) is 11.7 Å². The van der Waals surface area contributed by atoms with Crippen LogP contribution >= 0.6 is 22.6 Å². The van der Waals surface area contributed by atoms with Crippen LogP contribution in [-0.2, 0) is 0 Å².